The van der Waals surface area contributed by atoms with Crippen LogP contribution in [-0.2, 0) is 0 Å². The molecule has 1 heterocycles. The third kappa shape index (κ3) is 2.76. The van der Waals surface area contributed by atoms with Gasteiger partial charge in [-0.1, -0.05) is 43.1 Å². The number of carboxylic acids is 1. The van der Waals surface area contributed by atoms with Crippen molar-refractivity contribution in [1.82, 2.24) is 4.98 Å². The van der Waals surface area contributed by atoms with Crippen LogP contribution in [0.2, 0.25) is 10.0 Å². The molecule has 0 radical (unpaired) electrons. The van der Waals surface area contributed by atoms with Gasteiger partial charge in [0.2, 0.25) is 0 Å². The quantitative estimate of drug-likeness (QED) is 0.872. The number of hydrogen-bond acceptors (Lipinski definition) is 3. The number of carbonyl (C=O) groups is 1. The summed E-state index contributed by atoms with van der Waals surface area (Å²) < 4.78 is 0. The third-order valence-corrected chi connectivity index (χ3v) is 4.28. The number of carboxylic acid groups (broad SMARTS) is 1. The Kier molecular flexibility index (Phi) is 4.13. The van der Waals surface area contributed by atoms with Crippen molar-refractivity contribution in [1.29, 1.82) is 0 Å². The summed E-state index contributed by atoms with van der Waals surface area (Å²) in [5, 5.41) is 10.7. The first kappa shape index (κ1) is 14.3. The van der Waals surface area contributed by atoms with Gasteiger partial charge in [-0.15, -0.1) is 11.3 Å². The number of rotatable bonds is 3. The fourth-order valence-electron chi connectivity index (χ4n) is 1.69. The van der Waals surface area contributed by atoms with Gasteiger partial charge in [-0.25, -0.2) is 9.78 Å². The summed E-state index contributed by atoms with van der Waals surface area (Å²) in [4.78, 5) is 15.9. The summed E-state index contributed by atoms with van der Waals surface area (Å²) in [5.41, 5.74) is 1.15. The lowest BCUT2D eigenvalue weighted by atomic mass is 10.1. The lowest BCUT2D eigenvalue weighted by Gasteiger charge is -2.03. The van der Waals surface area contributed by atoms with Gasteiger partial charge in [0, 0.05) is 5.56 Å². The van der Waals surface area contributed by atoms with E-state index < -0.39 is 5.97 Å². The van der Waals surface area contributed by atoms with Crippen LogP contribution in [0.25, 0.3) is 10.6 Å². The molecule has 1 aromatic heterocycles. The van der Waals surface area contributed by atoms with Crippen LogP contribution in [0.5, 0.6) is 0 Å². The fourth-order valence-corrected chi connectivity index (χ4v) is 3.51. The highest BCUT2D eigenvalue weighted by Gasteiger charge is 2.22. The number of aromatic nitrogens is 1. The molecule has 0 spiro atoms. The van der Waals surface area contributed by atoms with Gasteiger partial charge in [-0.2, -0.15) is 0 Å². The highest BCUT2D eigenvalue weighted by molar-refractivity contribution is 7.17. The number of aromatic carboxylic acids is 1. The van der Waals surface area contributed by atoms with Crippen molar-refractivity contribution in [3.63, 3.8) is 0 Å². The van der Waals surface area contributed by atoms with Crippen molar-refractivity contribution in [2.75, 3.05) is 0 Å². The minimum absolute atomic E-state index is 0.0253. The summed E-state index contributed by atoms with van der Waals surface area (Å²) in [5.74, 6) is -0.951. The molecule has 2 aromatic rings. The van der Waals surface area contributed by atoms with Crippen molar-refractivity contribution < 1.29 is 9.90 Å². The van der Waals surface area contributed by atoms with Gasteiger partial charge in [-0.3, -0.25) is 0 Å². The topological polar surface area (TPSA) is 50.2 Å². The molecule has 0 fully saturated rings. The van der Waals surface area contributed by atoms with Gasteiger partial charge in [0.25, 0.3) is 0 Å². The van der Waals surface area contributed by atoms with E-state index in [4.69, 9.17) is 23.2 Å². The van der Waals surface area contributed by atoms with Crippen LogP contribution in [0, 0.1) is 0 Å². The molecule has 0 aliphatic rings. The molecule has 3 nitrogen and oxygen atoms in total. The molecule has 0 aliphatic heterocycles. The van der Waals surface area contributed by atoms with Crippen LogP contribution < -0.4 is 0 Å². The number of benzene rings is 1. The van der Waals surface area contributed by atoms with Crippen LogP contribution in [0.3, 0.4) is 0 Å². The van der Waals surface area contributed by atoms with E-state index >= 15 is 0 Å². The molecule has 0 bridgehead atoms. The van der Waals surface area contributed by atoms with Gasteiger partial charge in [-0.05, 0) is 18.1 Å². The Hall–Kier alpha value is -1.10. The van der Waals surface area contributed by atoms with E-state index in [2.05, 4.69) is 4.98 Å². The Labute approximate surface area is 124 Å². The van der Waals surface area contributed by atoms with Crippen molar-refractivity contribution in [2.45, 2.75) is 19.8 Å². The largest absolute Gasteiger partial charge is 0.477 e. The number of halogens is 2. The normalized spacial score (nSPS) is 11.0. The summed E-state index contributed by atoms with van der Waals surface area (Å²) in [7, 11) is 0. The predicted molar refractivity (Wildman–Crippen MR) is 78.6 cm³/mol. The maximum Gasteiger partial charge on any atom is 0.347 e. The number of hydrogen-bond donors (Lipinski definition) is 1. The highest BCUT2D eigenvalue weighted by atomic mass is 35.5. The van der Waals surface area contributed by atoms with Gasteiger partial charge in [0.1, 0.15) is 9.88 Å². The molecule has 0 atom stereocenters. The van der Waals surface area contributed by atoms with Gasteiger partial charge < -0.3 is 5.11 Å². The molecule has 0 aliphatic carbocycles. The minimum atomic E-state index is -0.976. The molecule has 6 heteroatoms. The zero-order valence-electron chi connectivity index (χ0n) is 10.3. The van der Waals surface area contributed by atoms with Gasteiger partial charge >= 0.3 is 5.97 Å². The Morgan fingerprint density at radius 1 is 1.32 bits per heavy atom. The van der Waals surface area contributed by atoms with E-state index in [9.17, 15) is 9.90 Å². The Morgan fingerprint density at radius 2 is 1.89 bits per heavy atom. The molecule has 19 heavy (non-hydrogen) atoms. The Morgan fingerprint density at radius 3 is 2.32 bits per heavy atom. The number of thiazole rings is 1. The van der Waals surface area contributed by atoms with E-state index in [1.807, 2.05) is 13.8 Å². The molecule has 100 valence electrons. The first-order chi connectivity index (χ1) is 8.91. The molecule has 0 amide bonds. The molecule has 1 N–H and O–H groups in total. The van der Waals surface area contributed by atoms with Gasteiger partial charge in [0.15, 0.2) is 0 Å². The first-order valence-electron chi connectivity index (χ1n) is 5.60. The first-order valence-corrected chi connectivity index (χ1v) is 7.17. The minimum Gasteiger partial charge on any atom is -0.477 e. The average molecular weight is 316 g/mol. The second-order valence-electron chi connectivity index (χ2n) is 4.29. The maximum atomic E-state index is 11.2. The Bertz CT molecular complexity index is 617. The van der Waals surface area contributed by atoms with Crippen LogP contribution in [0.4, 0.5) is 0 Å². The maximum absolute atomic E-state index is 11.2. The Balaban J connectivity index is 2.64. The van der Waals surface area contributed by atoms with Crippen LogP contribution in [0.1, 0.15) is 35.1 Å². The monoisotopic (exact) mass is 315 g/mol. The molecular formula is C13H11Cl2NO2S. The van der Waals surface area contributed by atoms with Crippen molar-refractivity contribution in [3.8, 4) is 10.6 Å². The lowest BCUT2D eigenvalue weighted by molar-refractivity contribution is 0.0700. The summed E-state index contributed by atoms with van der Waals surface area (Å²) in [6.45, 7) is 3.80. The second-order valence-corrected chi connectivity index (χ2v) is 6.10. The van der Waals surface area contributed by atoms with Crippen LogP contribution in [-0.4, -0.2) is 16.1 Å². The summed E-state index contributed by atoms with van der Waals surface area (Å²) in [6, 6.07) is 5.16. The molecular weight excluding hydrogens is 305 g/mol. The number of nitrogens with zero attached hydrogens (tertiary/aromatic N) is 1. The highest BCUT2D eigenvalue weighted by Crippen LogP contribution is 2.39. The standard InChI is InChI=1S/C13H11Cl2NO2S/c1-6(2)10-11(13(17)18)19-12(16-10)9-7(14)4-3-5-8(9)15/h3-6H,1-2H3,(H,17,18). The molecule has 0 saturated heterocycles. The van der Waals surface area contributed by atoms with E-state index in [1.54, 1.807) is 18.2 Å². The molecule has 1 aromatic carbocycles. The van der Waals surface area contributed by atoms with E-state index in [1.165, 1.54) is 0 Å². The van der Waals surface area contributed by atoms with Crippen molar-refractivity contribution >= 4 is 40.5 Å². The zero-order chi connectivity index (χ0) is 14.2. The van der Waals surface area contributed by atoms with Crippen molar-refractivity contribution in [3.05, 3.63) is 38.8 Å². The van der Waals surface area contributed by atoms with Crippen molar-refractivity contribution in [2.24, 2.45) is 0 Å². The fraction of sp³-hybridized carbons (Fsp3) is 0.231. The average Bonchev–Trinajstić information content (AvgIpc) is 2.73. The molecule has 2 rings (SSSR count). The predicted octanol–water partition coefficient (Wildman–Crippen LogP) is 4.94. The van der Waals surface area contributed by atoms with E-state index in [0.29, 0.717) is 26.3 Å². The lowest BCUT2D eigenvalue weighted by Crippen LogP contribution is -2.00. The smallest absolute Gasteiger partial charge is 0.347 e. The van der Waals surface area contributed by atoms with E-state index in [-0.39, 0.29) is 10.8 Å². The molecule has 0 unspecified atom stereocenters. The zero-order valence-corrected chi connectivity index (χ0v) is 12.6. The van der Waals surface area contributed by atoms with E-state index in [0.717, 1.165) is 11.3 Å². The second kappa shape index (κ2) is 5.49. The molecule has 0 saturated carbocycles. The third-order valence-electron chi connectivity index (χ3n) is 2.57. The summed E-state index contributed by atoms with van der Waals surface area (Å²) >= 11 is 13.3. The van der Waals surface area contributed by atoms with Crippen LogP contribution in [0.15, 0.2) is 18.2 Å². The van der Waals surface area contributed by atoms with Crippen LogP contribution >= 0.6 is 34.5 Å². The SMILES string of the molecule is CC(C)c1nc(-c2c(Cl)cccc2Cl)sc1C(=O)O. The summed E-state index contributed by atoms with van der Waals surface area (Å²) in [6.07, 6.45) is 0. The van der Waals surface area contributed by atoms with Gasteiger partial charge in [0.05, 0.1) is 15.7 Å².